The summed E-state index contributed by atoms with van der Waals surface area (Å²) in [6.07, 6.45) is -0.380. The SMILES string of the molecule is CNc1ncnc2c1c(C#N)cn2C1O[C@H](CO)[C@@H](O)[C@@]1(C)O. The van der Waals surface area contributed by atoms with E-state index >= 15 is 0 Å². The summed E-state index contributed by atoms with van der Waals surface area (Å²) in [6.45, 7) is 0.977. The van der Waals surface area contributed by atoms with Crippen LogP contribution in [-0.2, 0) is 4.74 Å². The van der Waals surface area contributed by atoms with E-state index in [0.29, 0.717) is 22.4 Å². The van der Waals surface area contributed by atoms with Crippen LogP contribution in [0.4, 0.5) is 5.82 Å². The Morgan fingerprint density at radius 2 is 2.26 bits per heavy atom. The minimum absolute atomic E-state index is 0.311. The van der Waals surface area contributed by atoms with Gasteiger partial charge in [0.1, 0.15) is 41.7 Å². The van der Waals surface area contributed by atoms with Crippen molar-refractivity contribution in [3.63, 3.8) is 0 Å². The number of aliphatic hydroxyl groups excluding tert-OH is 2. The summed E-state index contributed by atoms with van der Waals surface area (Å²) in [7, 11) is 1.67. The van der Waals surface area contributed by atoms with Gasteiger partial charge in [0.2, 0.25) is 0 Å². The van der Waals surface area contributed by atoms with Crippen LogP contribution in [0, 0.1) is 11.3 Å². The summed E-state index contributed by atoms with van der Waals surface area (Å²) in [5.41, 5.74) is -0.958. The molecule has 4 N–H and O–H groups in total. The number of ether oxygens (including phenoxy) is 1. The van der Waals surface area contributed by atoms with Crippen molar-refractivity contribution < 1.29 is 20.1 Å². The molecular weight excluding hydrogens is 302 g/mol. The van der Waals surface area contributed by atoms with E-state index in [1.54, 1.807) is 7.05 Å². The number of rotatable bonds is 3. The molecular formula is C14H17N5O4. The lowest BCUT2D eigenvalue weighted by molar-refractivity contribution is -0.0948. The lowest BCUT2D eigenvalue weighted by Gasteiger charge is -2.27. The van der Waals surface area contributed by atoms with Gasteiger partial charge in [0.05, 0.1) is 17.6 Å². The molecule has 0 aromatic carbocycles. The van der Waals surface area contributed by atoms with Crippen LogP contribution in [0.3, 0.4) is 0 Å². The fourth-order valence-electron chi connectivity index (χ4n) is 2.93. The molecule has 9 heteroatoms. The number of fused-ring (bicyclic) bond motifs is 1. The molecule has 1 saturated heterocycles. The molecule has 3 heterocycles. The third-order valence-corrected chi connectivity index (χ3v) is 4.15. The van der Waals surface area contributed by atoms with Crippen LogP contribution in [0.5, 0.6) is 0 Å². The van der Waals surface area contributed by atoms with E-state index in [9.17, 15) is 20.6 Å². The molecule has 4 atom stereocenters. The molecule has 9 nitrogen and oxygen atoms in total. The zero-order valence-corrected chi connectivity index (χ0v) is 12.6. The number of anilines is 1. The number of aromatic nitrogens is 3. The first-order chi connectivity index (χ1) is 11.0. The second-order valence-corrected chi connectivity index (χ2v) is 5.61. The average Bonchev–Trinajstić information content (AvgIpc) is 3.03. The van der Waals surface area contributed by atoms with Crippen LogP contribution in [-0.4, -0.2) is 61.3 Å². The van der Waals surface area contributed by atoms with Crippen molar-refractivity contribution in [3.05, 3.63) is 18.1 Å². The van der Waals surface area contributed by atoms with Gasteiger partial charge in [-0.05, 0) is 6.92 Å². The zero-order chi connectivity index (χ0) is 16.8. The summed E-state index contributed by atoms with van der Waals surface area (Å²) in [4.78, 5) is 8.25. The number of nitrogens with one attached hydrogen (secondary N) is 1. The Bertz CT molecular complexity index is 781. The molecule has 0 spiro atoms. The summed E-state index contributed by atoms with van der Waals surface area (Å²) < 4.78 is 7.07. The Morgan fingerprint density at radius 1 is 1.52 bits per heavy atom. The van der Waals surface area contributed by atoms with Crippen molar-refractivity contribution in [1.82, 2.24) is 14.5 Å². The van der Waals surface area contributed by atoms with Crippen LogP contribution in [0.25, 0.3) is 11.0 Å². The minimum Gasteiger partial charge on any atom is -0.394 e. The molecule has 3 rings (SSSR count). The number of hydrogen-bond acceptors (Lipinski definition) is 8. The van der Waals surface area contributed by atoms with Crippen molar-refractivity contribution in [3.8, 4) is 6.07 Å². The van der Waals surface area contributed by atoms with Crippen LogP contribution in [0.15, 0.2) is 12.5 Å². The first kappa shape index (κ1) is 15.6. The van der Waals surface area contributed by atoms with Gasteiger partial charge in [-0.25, -0.2) is 9.97 Å². The quantitative estimate of drug-likeness (QED) is 0.585. The Hall–Kier alpha value is -2.25. The van der Waals surface area contributed by atoms with E-state index in [0.717, 1.165) is 0 Å². The van der Waals surface area contributed by atoms with Gasteiger partial charge < -0.3 is 29.9 Å². The van der Waals surface area contributed by atoms with Gasteiger partial charge in [0.25, 0.3) is 0 Å². The molecule has 1 unspecified atom stereocenters. The topological polar surface area (TPSA) is 136 Å². The Balaban J connectivity index is 2.20. The molecule has 0 amide bonds. The second-order valence-electron chi connectivity index (χ2n) is 5.61. The van der Waals surface area contributed by atoms with Crippen LogP contribution in [0.2, 0.25) is 0 Å². The maximum Gasteiger partial charge on any atom is 0.167 e. The van der Waals surface area contributed by atoms with Gasteiger partial charge in [-0.1, -0.05) is 0 Å². The molecule has 0 aliphatic carbocycles. The first-order valence-electron chi connectivity index (χ1n) is 7.05. The molecule has 2 aromatic heterocycles. The summed E-state index contributed by atoms with van der Waals surface area (Å²) in [6, 6.07) is 2.06. The van der Waals surface area contributed by atoms with E-state index in [1.807, 2.05) is 0 Å². The molecule has 1 aliphatic rings. The number of nitriles is 1. The first-order valence-corrected chi connectivity index (χ1v) is 7.05. The van der Waals surface area contributed by atoms with Crippen LogP contribution < -0.4 is 5.32 Å². The van der Waals surface area contributed by atoms with E-state index < -0.39 is 30.6 Å². The monoisotopic (exact) mass is 319 g/mol. The van der Waals surface area contributed by atoms with Crippen LogP contribution >= 0.6 is 0 Å². The predicted octanol–water partition coefficient (Wildman–Crippen LogP) is -0.654. The Kier molecular flexibility index (Phi) is 3.69. The molecule has 1 fully saturated rings. The fourth-order valence-corrected chi connectivity index (χ4v) is 2.93. The molecule has 1 aliphatic heterocycles. The van der Waals surface area contributed by atoms with E-state index in [1.165, 1.54) is 24.0 Å². The van der Waals surface area contributed by atoms with Crippen molar-refractivity contribution >= 4 is 16.9 Å². The van der Waals surface area contributed by atoms with Gasteiger partial charge in [0, 0.05) is 13.2 Å². The second kappa shape index (κ2) is 5.43. The Morgan fingerprint density at radius 3 is 2.83 bits per heavy atom. The van der Waals surface area contributed by atoms with Gasteiger partial charge in [0.15, 0.2) is 6.23 Å². The zero-order valence-electron chi connectivity index (χ0n) is 12.6. The highest BCUT2D eigenvalue weighted by Gasteiger charge is 2.53. The van der Waals surface area contributed by atoms with Crippen LogP contribution in [0.1, 0.15) is 18.7 Å². The van der Waals surface area contributed by atoms with Gasteiger partial charge in [-0.2, -0.15) is 5.26 Å². The summed E-state index contributed by atoms with van der Waals surface area (Å²) in [5, 5.41) is 42.8. The Labute approximate surface area is 131 Å². The van der Waals surface area contributed by atoms with E-state index in [4.69, 9.17) is 4.74 Å². The van der Waals surface area contributed by atoms with Crippen molar-refractivity contribution in [1.29, 1.82) is 5.26 Å². The largest absolute Gasteiger partial charge is 0.394 e. The number of nitrogens with zero attached hydrogens (tertiary/aromatic N) is 4. The minimum atomic E-state index is -1.66. The normalized spacial score (nSPS) is 30.5. The van der Waals surface area contributed by atoms with Crippen molar-refractivity contribution in [2.24, 2.45) is 0 Å². The number of hydrogen-bond donors (Lipinski definition) is 4. The molecule has 23 heavy (non-hydrogen) atoms. The maximum absolute atomic E-state index is 10.6. The lowest BCUT2D eigenvalue weighted by Crippen LogP contribution is -2.44. The van der Waals surface area contributed by atoms with E-state index in [-0.39, 0.29) is 0 Å². The fraction of sp³-hybridized carbons (Fsp3) is 0.500. The van der Waals surface area contributed by atoms with Crippen molar-refractivity contribution in [2.45, 2.75) is 31.0 Å². The van der Waals surface area contributed by atoms with Gasteiger partial charge in [-0.3, -0.25) is 0 Å². The highest BCUT2D eigenvalue weighted by molar-refractivity contribution is 5.92. The summed E-state index contributed by atoms with van der Waals surface area (Å²) >= 11 is 0. The van der Waals surface area contributed by atoms with E-state index in [2.05, 4.69) is 21.4 Å². The maximum atomic E-state index is 10.6. The lowest BCUT2D eigenvalue weighted by atomic mass is 9.96. The molecule has 2 aromatic rings. The average molecular weight is 319 g/mol. The number of aliphatic hydroxyl groups is 3. The highest BCUT2D eigenvalue weighted by Crippen LogP contribution is 2.40. The third-order valence-electron chi connectivity index (χ3n) is 4.15. The third kappa shape index (κ3) is 2.15. The smallest absolute Gasteiger partial charge is 0.167 e. The standard InChI is InChI=1S/C14H17N5O4/c1-14(22)10(21)8(5-20)23-13(14)19-4-7(3-15)9-11(16-2)17-6-18-12(9)19/h4,6,8,10,13,20-22H,5H2,1-2H3,(H,16,17,18)/t8-,10-,13?,14-/m1/s1. The molecule has 122 valence electrons. The van der Waals surface area contributed by atoms with Crippen molar-refractivity contribution in [2.75, 3.05) is 19.0 Å². The van der Waals surface area contributed by atoms with Gasteiger partial charge in [-0.15, -0.1) is 0 Å². The molecule has 0 radical (unpaired) electrons. The predicted molar refractivity (Wildman–Crippen MR) is 79.4 cm³/mol. The molecule has 0 bridgehead atoms. The summed E-state index contributed by atoms with van der Waals surface area (Å²) in [5.74, 6) is 0.474. The highest BCUT2D eigenvalue weighted by atomic mass is 16.6. The molecule has 0 saturated carbocycles. The van der Waals surface area contributed by atoms with Gasteiger partial charge >= 0.3 is 0 Å².